The predicted octanol–water partition coefficient (Wildman–Crippen LogP) is 4.06. The molecule has 2 rings (SSSR count). The quantitative estimate of drug-likeness (QED) is 0.914. The van der Waals surface area contributed by atoms with Crippen LogP contribution >= 0.6 is 38.9 Å². The van der Waals surface area contributed by atoms with Crippen LogP contribution in [-0.2, 0) is 6.42 Å². The van der Waals surface area contributed by atoms with E-state index >= 15 is 0 Å². The molecule has 1 atom stereocenters. The Morgan fingerprint density at radius 1 is 1.47 bits per heavy atom. The van der Waals surface area contributed by atoms with E-state index in [0.717, 1.165) is 21.6 Å². The van der Waals surface area contributed by atoms with Gasteiger partial charge in [-0.1, -0.05) is 11.6 Å². The molecule has 1 unspecified atom stereocenters. The van der Waals surface area contributed by atoms with Crippen LogP contribution in [0, 0.1) is 0 Å². The van der Waals surface area contributed by atoms with Crippen molar-refractivity contribution in [3.05, 3.63) is 49.8 Å². The zero-order valence-corrected chi connectivity index (χ0v) is 12.4. The summed E-state index contributed by atoms with van der Waals surface area (Å²) in [6, 6.07) is 6.18. The molecule has 90 valence electrons. The molecule has 0 aliphatic heterocycles. The minimum Gasteiger partial charge on any atom is -0.312 e. The number of nitrogens with one attached hydrogen (secondary N) is 1. The van der Waals surface area contributed by atoms with Crippen LogP contribution < -0.4 is 5.32 Å². The Kier molecular flexibility index (Phi) is 4.56. The van der Waals surface area contributed by atoms with Crippen LogP contribution in [-0.4, -0.2) is 12.0 Å². The van der Waals surface area contributed by atoms with E-state index in [0.29, 0.717) is 0 Å². The third-order valence-corrected chi connectivity index (χ3v) is 4.45. The normalized spacial score (nSPS) is 12.6. The number of thiophene rings is 1. The first kappa shape index (κ1) is 13.0. The largest absolute Gasteiger partial charge is 0.312 e. The summed E-state index contributed by atoms with van der Waals surface area (Å²) in [6.45, 7) is 0. The number of aromatic nitrogens is 1. The van der Waals surface area contributed by atoms with Crippen molar-refractivity contribution in [3.63, 3.8) is 0 Å². The highest BCUT2D eigenvalue weighted by Gasteiger charge is 2.15. The Labute approximate surface area is 118 Å². The maximum absolute atomic E-state index is 6.15. The second-order valence-corrected chi connectivity index (χ2v) is 5.92. The maximum atomic E-state index is 6.15. The molecular formula is C12H12BrClN2S. The number of pyridine rings is 1. The highest BCUT2D eigenvalue weighted by atomic mass is 79.9. The van der Waals surface area contributed by atoms with Crippen molar-refractivity contribution in [1.82, 2.24) is 10.3 Å². The molecule has 0 bridgehead atoms. The van der Waals surface area contributed by atoms with Gasteiger partial charge in [0.15, 0.2) is 0 Å². The number of rotatable bonds is 4. The third-order valence-electron chi connectivity index (χ3n) is 2.51. The molecule has 0 radical (unpaired) electrons. The fourth-order valence-electron chi connectivity index (χ4n) is 1.62. The van der Waals surface area contributed by atoms with Gasteiger partial charge in [0.25, 0.3) is 0 Å². The van der Waals surface area contributed by atoms with Gasteiger partial charge in [-0.3, -0.25) is 4.98 Å². The van der Waals surface area contributed by atoms with Crippen LogP contribution in [0.5, 0.6) is 0 Å². The molecule has 2 aromatic rings. The molecule has 2 nitrogen and oxygen atoms in total. The van der Waals surface area contributed by atoms with Gasteiger partial charge in [-0.2, -0.15) is 0 Å². The average molecular weight is 332 g/mol. The van der Waals surface area contributed by atoms with E-state index < -0.39 is 0 Å². The second kappa shape index (κ2) is 5.96. The van der Waals surface area contributed by atoms with Crippen molar-refractivity contribution in [3.8, 4) is 0 Å². The Bertz CT molecular complexity index is 484. The van der Waals surface area contributed by atoms with Crippen LogP contribution in [0.3, 0.4) is 0 Å². The van der Waals surface area contributed by atoms with E-state index in [1.54, 1.807) is 11.3 Å². The summed E-state index contributed by atoms with van der Waals surface area (Å²) in [6.07, 6.45) is 2.65. The van der Waals surface area contributed by atoms with Crippen LogP contribution in [0.2, 0.25) is 5.02 Å². The molecule has 2 heterocycles. The van der Waals surface area contributed by atoms with Gasteiger partial charge in [0, 0.05) is 33.7 Å². The Hall–Kier alpha value is -0.420. The standard InChI is InChI=1S/C12H12BrClN2S/c1-15-11(12-10(14)4-5-17-12)6-9-3-2-8(13)7-16-9/h2-5,7,11,15H,6H2,1H3. The van der Waals surface area contributed by atoms with Gasteiger partial charge in [-0.15, -0.1) is 11.3 Å². The number of nitrogens with zero attached hydrogens (tertiary/aromatic N) is 1. The first-order valence-corrected chi connectivity index (χ1v) is 7.26. The summed E-state index contributed by atoms with van der Waals surface area (Å²) in [5.74, 6) is 0. The number of hydrogen-bond donors (Lipinski definition) is 1. The zero-order valence-electron chi connectivity index (χ0n) is 9.28. The van der Waals surface area contributed by atoms with Gasteiger partial charge in [-0.25, -0.2) is 0 Å². The topological polar surface area (TPSA) is 24.9 Å². The van der Waals surface area contributed by atoms with E-state index in [2.05, 4.69) is 26.2 Å². The van der Waals surface area contributed by atoms with Gasteiger partial charge in [0.05, 0.1) is 5.02 Å². The Morgan fingerprint density at radius 2 is 2.29 bits per heavy atom. The van der Waals surface area contributed by atoms with Crippen LogP contribution in [0.1, 0.15) is 16.6 Å². The van der Waals surface area contributed by atoms with Gasteiger partial charge < -0.3 is 5.32 Å². The van der Waals surface area contributed by atoms with Gasteiger partial charge in [-0.05, 0) is 46.6 Å². The molecular weight excluding hydrogens is 320 g/mol. The number of likely N-dealkylation sites (N-methyl/N-ethyl adjacent to an activating group) is 1. The lowest BCUT2D eigenvalue weighted by atomic mass is 10.1. The highest BCUT2D eigenvalue weighted by molar-refractivity contribution is 9.10. The van der Waals surface area contributed by atoms with Gasteiger partial charge >= 0.3 is 0 Å². The lowest BCUT2D eigenvalue weighted by molar-refractivity contribution is 0.594. The smallest absolute Gasteiger partial charge is 0.0561 e. The van der Waals surface area contributed by atoms with E-state index in [1.807, 2.05) is 36.8 Å². The van der Waals surface area contributed by atoms with Crippen LogP contribution in [0.15, 0.2) is 34.2 Å². The predicted molar refractivity (Wildman–Crippen MR) is 76.8 cm³/mol. The molecule has 0 aliphatic carbocycles. The minimum absolute atomic E-state index is 0.219. The third kappa shape index (κ3) is 3.28. The fraction of sp³-hybridized carbons (Fsp3) is 0.250. The SMILES string of the molecule is CNC(Cc1ccc(Br)cn1)c1sccc1Cl. The Balaban J connectivity index is 2.16. The summed E-state index contributed by atoms with van der Waals surface area (Å²) in [7, 11) is 1.94. The van der Waals surface area contributed by atoms with Gasteiger partial charge in [0.2, 0.25) is 0 Å². The maximum Gasteiger partial charge on any atom is 0.0561 e. The van der Waals surface area contributed by atoms with Crippen LogP contribution in [0.25, 0.3) is 0 Å². The highest BCUT2D eigenvalue weighted by Crippen LogP contribution is 2.30. The number of hydrogen-bond acceptors (Lipinski definition) is 3. The first-order valence-electron chi connectivity index (χ1n) is 5.21. The van der Waals surface area contributed by atoms with E-state index in [1.165, 1.54) is 4.88 Å². The van der Waals surface area contributed by atoms with E-state index in [9.17, 15) is 0 Å². The molecule has 2 aromatic heterocycles. The Morgan fingerprint density at radius 3 is 2.82 bits per heavy atom. The summed E-state index contributed by atoms with van der Waals surface area (Å²) < 4.78 is 0.997. The second-order valence-electron chi connectivity index (χ2n) is 3.65. The summed E-state index contributed by atoms with van der Waals surface area (Å²) in [5, 5.41) is 6.12. The molecule has 0 aromatic carbocycles. The minimum atomic E-state index is 0.219. The van der Waals surface area contributed by atoms with Crippen molar-refractivity contribution in [1.29, 1.82) is 0 Å². The molecule has 17 heavy (non-hydrogen) atoms. The van der Waals surface area contributed by atoms with Crippen molar-refractivity contribution >= 4 is 38.9 Å². The molecule has 1 N–H and O–H groups in total. The summed E-state index contributed by atoms with van der Waals surface area (Å²) in [4.78, 5) is 5.55. The average Bonchev–Trinajstić information content (AvgIpc) is 2.75. The molecule has 0 amide bonds. The molecule has 0 saturated heterocycles. The van der Waals surface area contributed by atoms with E-state index in [4.69, 9.17) is 11.6 Å². The molecule has 0 fully saturated rings. The zero-order chi connectivity index (χ0) is 12.3. The molecule has 0 saturated carbocycles. The summed E-state index contributed by atoms with van der Waals surface area (Å²) in [5.41, 5.74) is 1.05. The lowest BCUT2D eigenvalue weighted by Crippen LogP contribution is -2.18. The van der Waals surface area contributed by atoms with E-state index in [-0.39, 0.29) is 6.04 Å². The van der Waals surface area contributed by atoms with Crippen LogP contribution in [0.4, 0.5) is 0 Å². The fourth-order valence-corrected chi connectivity index (χ4v) is 3.15. The molecule has 5 heteroatoms. The lowest BCUT2D eigenvalue weighted by Gasteiger charge is -2.14. The molecule has 0 aliphatic rings. The monoisotopic (exact) mass is 330 g/mol. The van der Waals surface area contributed by atoms with Crippen molar-refractivity contribution in [2.75, 3.05) is 7.05 Å². The van der Waals surface area contributed by atoms with Crippen molar-refractivity contribution < 1.29 is 0 Å². The first-order chi connectivity index (χ1) is 8.20. The van der Waals surface area contributed by atoms with Crippen molar-refractivity contribution in [2.45, 2.75) is 12.5 Å². The van der Waals surface area contributed by atoms with Crippen molar-refractivity contribution in [2.24, 2.45) is 0 Å². The van der Waals surface area contributed by atoms with Gasteiger partial charge in [0.1, 0.15) is 0 Å². The molecule has 0 spiro atoms. The number of halogens is 2. The summed E-state index contributed by atoms with van der Waals surface area (Å²) >= 11 is 11.2.